The highest BCUT2D eigenvalue weighted by atomic mass is 16.5. The maximum Gasteiger partial charge on any atom is 0.408 e. The molecule has 0 bridgehead atoms. The van der Waals surface area contributed by atoms with Crippen molar-refractivity contribution in [1.29, 1.82) is 0 Å². The summed E-state index contributed by atoms with van der Waals surface area (Å²) in [5.41, 5.74) is 2.72. The molecule has 4 aromatic rings. The molecular formula is C31H28N2O5. The molecule has 4 aromatic carbocycles. The van der Waals surface area contributed by atoms with E-state index in [0.29, 0.717) is 11.1 Å². The molecule has 2 atom stereocenters. The summed E-state index contributed by atoms with van der Waals surface area (Å²) >= 11 is 0. The Morgan fingerprint density at radius 2 is 0.947 bits per heavy atom. The van der Waals surface area contributed by atoms with Crippen molar-refractivity contribution in [3.05, 3.63) is 144 Å². The van der Waals surface area contributed by atoms with Crippen molar-refractivity contribution in [2.45, 2.75) is 25.3 Å². The Kier molecular flexibility index (Phi) is 9.23. The molecule has 0 radical (unpaired) electrons. The molecule has 38 heavy (non-hydrogen) atoms. The van der Waals surface area contributed by atoms with Gasteiger partial charge in [-0.15, -0.1) is 0 Å². The fourth-order valence-electron chi connectivity index (χ4n) is 3.79. The average molecular weight is 509 g/mol. The van der Waals surface area contributed by atoms with Crippen LogP contribution in [0.15, 0.2) is 121 Å². The number of rotatable bonds is 10. The molecule has 2 amide bonds. The van der Waals surface area contributed by atoms with Gasteiger partial charge in [0.1, 0.15) is 19.3 Å². The second-order valence-electron chi connectivity index (χ2n) is 8.50. The lowest BCUT2D eigenvalue weighted by Crippen LogP contribution is -2.44. The van der Waals surface area contributed by atoms with Gasteiger partial charge in [0.2, 0.25) is 5.91 Å². The van der Waals surface area contributed by atoms with Gasteiger partial charge >= 0.3 is 12.1 Å². The normalized spacial score (nSPS) is 12.0. The van der Waals surface area contributed by atoms with Crippen LogP contribution >= 0.6 is 0 Å². The van der Waals surface area contributed by atoms with Gasteiger partial charge in [-0.05, 0) is 22.3 Å². The van der Waals surface area contributed by atoms with Gasteiger partial charge in [-0.2, -0.15) is 0 Å². The van der Waals surface area contributed by atoms with Gasteiger partial charge in [-0.3, -0.25) is 4.79 Å². The summed E-state index contributed by atoms with van der Waals surface area (Å²) in [5, 5.41) is 5.39. The number of nitrogens with one attached hydrogen (secondary N) is 2. The molecule has 7 heteroatoms. The predicted molar refractivity (Wildman–Crippen MR) is 143 cm³/mol. The van der Waals surface area contributed by atoms with Crippen molar-refractivity contribution in [2.24, 2.45) is 0 Å². The minimum absolute atomic E-state index is 0.0499. The van der Waals surface area contributed by atoms with E-state index in [1.807, 2.05) is 66.7 Å². The highest BCUT2D eigenvalue weighted by Crippen LogP contribution is 2.20. The summed E-state index contributed by atoms with van der Waals surface area (Å²) in [5.74, 6) is -1.20. The summed E-state index contributed by atoms with van der Waals surface area (Å²) in [7, 11) is 0. The van der Waals surface area contributed by atoms with E-state index < -0.39 is 30.1 Å². The number of benzene rings is 4. The Labute approximate surface area is 221 Å². The van der Waals surface area contributed by atoms with Crippen molar-refractivity contribution in [3.8, 4) is 0 Å². The number of alkyl carbamates (subject to hydrolysis) is 1. The third kappa shape index (κ3) is 7.54. The lowest BCUT2D eigenvalue weighted by atomic mass is 10.0. The number of carbonyl (C=O) groups is 3. The highest BCUT2D eigenvalue weighted by Gasteiger charge is 2.30. The summed E-state index contributed by atoms with van der Waals surface area (Å²) in [6.45, 7) is 0.110. The second-order valence-corrected chi connectivity index (χ2v) is 8.50. The van der Waals surface area contributed by atoms with E-state index in [9.17, 15) is 14.4 Å². The maximum absolute atomic E-state index is 13.5. The minimum atomic E-state index is -1.10. The van der Waals surface area contributed by atoms with Gasteiger partial charge in [-0.25, -0.2) is 9.59 Å². The van der Waals surface area contributed by atoms with Gasteiger partial charge in [0.25, 0.3) is 0 Å². The monoisotopic (exact) mass is 508 g/mol. The van der Waals surface area contributed by atoms with E-state index in [-0.39, 0.29) is 13.2 Å². The number of carbonyl (C=O) groups excluding carboxylic acids is 3. The molecule has 0 saturated carbocycles. The fraction of sp³-hybridized carbons (Fsp3) is 0.129. The zero-order valence-electron chi connectivity index (χ0n) is 20.7. The maximum atomic E-state index is 13.5. The van der Waals surface area contributed by atoms with Crippen molar-refractivity contribution >= 4 is 18.0 Å². The number of ether oxygens (including phenoxy) is 2. The van der Waals surface area contributed by atoms with Crippen LogP contribution in [0.5, 0.6) is 0 Å². The summed E-state index contributed by atoms with van der Waals surface area (Å²) in [6.07, 6.45) is -0.763. The second kappa shape index (κ2) is 13.4. The molecule has 0 spiro atoms. The van der Waals surface area contributed by atoms with E-state index in [1.165, 1.54) is 0 Å². The summed E-state index contributed by atoms with van der Waals surface area (Å²) < 4.78 is 10.9. The molecule has 0 aromatic heterocycles. The Hall–Kier alpha value is -4.91. The van der Waals surface area contributed by atoms with E-state index in [2.05, 4.69) is 10.6 Å². The molecule has 7 nitrogen and oxygen atoms in total. The van der Waals surface area contributed by atoms with Crippen LogP contribution in [0.1, 0.15) is 34.3 Å². The molecule has 0 aliphatic carbocycles. The fourth-order valence-corrected chi connectivity index (χ4v) is 3.79. The van der Waals surface area contributed by atoms with E-state index in [4.69, 9.17) is 9.47 Å². The van der Waals surface area contributed by atoms with Gasteiger partial charge in [-0.1, -0.05) is 121 Å². The molecular weight excluding hydrogens is 480 g/mol. The Morgan fingerprint density at radius 3 is 1.45 bits per heavy atom. The minimum Gasteiger partial charge on any atom is -0.459 e. The Balaban J connectivity index is 1.49. The van der Waals surface area contributed by atoms with Crippen molar-refractivity contribution in [3.63, 3.8) is 0 Å². The smallest absolute Gasteiger partial charge is 0.408 e. The first-order chi connectivity index (χ1) is 18.6. The van der Waals surface area contributed by atoms with Crippen LogP contribution in [0, 0.1) is 0 Å². The van der Waals surface area contributed by atoms with Gasteiger partial charge in [0, 0.05) is 0 Å². The van der Waals surface area contributed by atoms with Crippen LogP contribution in [-0.2, 0) is 32.3 Å². The Morgan fingerprint density at radius 1 is 0.526 bits per heavy atom. The van der Waals surface area contributed by atoms with Crippen molar-refractivity contribution in [2.75, 3.05) is 0 Å². The van der Waals surface area contributed by atoms with Crippen molar-refractivity contribution in [1.82, 2.24) is 10.6 Å². The average Bonchev–Trinajstić information content (AvgIpc) is 2.98. The number of amides is 2. The molecule has 0 unspecified atom stereocenters. The standard InChI is InChI=1S/C31H28N2O5/c34-29(27(25-17-9-3-10-18-25)33-31(36)38-22-24-15-7-2-8-16-24)32-28(26-19-11-4-12-20-26)30(35)37-21-23-13-5-1-6-14-23/h1-20,27-28H,21-22H2,(H,32,34)(H,33,36)/t27-,28+/m0/s1. The first kappa shape index (κ1) is 26.2. The summed E-state index contributed by atoms with van der Waals surface area (Å²) in [4.78, 5) is 39.3. The molecule has 2 N–H and O–H groups in total. The highest BCUT2D eigenvalue weighted by molar-refractivity contribution is 5.91. The predicted octanol–water partition coefficient (Wildman–Crippen LogP) is 5.26. The van der Waals surface area contributed by atoms with Crippen LogP contribution in [0.4, 0.5) is 4.79 Å². The van der Waals surface area contributed by atoms with Gasteiger partial charge < -0.3 is 20.1 Å². The first-order valence-electron chi connectivity index (χ1n) is 12.2. The third-order valence-corrected chi connectivity index (χ3v) is 5.75. The lowest BCUT2D eigenvalue weighted by Gasteiger charge is -2.23. The quantitative estimate of drug-likeness (QED) is 0.285. The number of esters is 1. The molecule has 0 heterocycles. The zero-order chi connectivity index (χ0) is 26.6. The van der Waals surface area contributed by atoms with Crippen LogP contribution in [-0.4, -0.2) is 18.0 Å². The number of hydrogen-bond donors (Lipinski definition) is 2. The zero-order valence-corrected chi connectivity index (χ0v) is 20.7. The van der Waals surface area contributed by atoms with Crippen LogP contribution in [0.3, 0.4) is 0 Å². The molecule has 0 saturated heterocycles. The van der Waals surface area contributed by atoms with Crippen LogP contribution in [0.25, 0.3) is 0 Å². The molecule has 4 rings (SSSR count). The molecule has 192 valence electrons. The van der Waals surface area contributed by atoms with Crippen molar-refractivity contribution < 1.29 is 23.9 Å². The van der Waals surface area contributed by atoms with E-state index in [0.717, 1.165) is 11.1 Å². The van der Waals surface area contributed by atoms with E-state index in [1.54, 1.807) is 54.6 Å². The SMILES string of the molecule is O=C(N[C@H](C(=O)N[C@@H](C(=O)OCc1ccccc1)c1ccccc1)c1ccccc1)OCc1ccccc1. The molecule has 0 aliphatic heterocycles. The third-order valence-electron chi connectivity index (χ3n) is 5.75. The molecule has 0 fully saturated rings. The van der Waals surface area contributed by atoms with Gasteiger partial charge in [0.05, 0.1) is 0 Å². The van der Waals surface area contributed by atoms with E-state index >= 15 is 0 Å². The van der Waals surface area contributed by atoms with Crippen LogP contribution < -0.4 is 10.6 Å². The first-order valence-corrected chi connectivity index (χ1v) is 12.2. The van der Waals surface area contributed by atoms with Gasteiger partial charge in [0.15, 0.2) is 6.04 Å². The molecule has 0 aliphatic rings. The Bertz CT molecular complexity index is 1320. The number of hydrogen-bond acceptors (Lipinski definition) is 5. The largest absolute Gasteiger partial charge is 0.459 e. The lowest BCUT2D eigenvalue weighted by molar-refractivity contribution is -0.149. The summed E-state index contributed by atoms with van der Waals surface area (Å²) in [6, 6.07) is 33.9. The topological polar surface area (TPSA) is 93.7 Å². The van der Waals surface area contributed by atoms with Crippen LogP contribution in [0.2, 0.25) is 0 Å².